The second kappa shape index (κ2) is 3.79. The van der Waals surface area contributed by atoms with Crippen LogP contribution in [0.25, 0.3) is 0 Å². The molecule has 0 amide bonds. The van der Waals surface area contributed by atoms with Crippen LogP contribution in [0.2, 0.25) is 0 Å². The normalized spacial score (nSPS) is 28.2. The second-order valence-electron chi connectivity index (χ2n) is 3.46. The first-order chi connectivity index (χ1) is 6.24. The molecular formula is C9H12ClNS2. The molecule has 4 heteroatoms. The highest BCUT2D eigenvalue weighted by Gasteiger charge is 2.34. The number of thiazole rings is 1. The molecule has 0 radical (unpaired) electrons. The van der Waals surface area contributed by atoms with Crippen LogP contribution in [0.4, 0.5) is 0 Å². The molecule has 1 aliphatic heterocycles. The Balaban J connectivity index is 2.23. The predicted octanol–water partition coefficient (Wildman–Crippen LogP) is 3.62. The van der Waals surface area contributed by atoms with Crippen molar-refractivity contribution in [3.63, 3.8) is 0 Å². The molecule has 0 saturated carbocycles. The van der Waals surface area contributed by atoms with E-state index in [2.05, 4.69) is 17.3 Å². The third-order valence-electron chi connectivity index (χ3n) is 2.36. The zero-order valence-corrected chi connectivity index (χ0v) is 9.94. The fraction of sp³-hybridized carbons (Fsp3) is 0.667. The first-order valence-corrected chi connectivity index (χ1v) is 6.79. The molecule has 1 unspecified atom stereocenters. The fourth-order valence-corrected chi connectivity index (χ4v) is 4.21. The zero-order valence-electron chi connectivity index (χ0n) is 7.55. The van der Waals surface area contributed by atoms with E-state index in [1.54, 1.807) is 11.3 Å². The van der Waals surface area contributed by atoms with Gasteiger partial charge in [0.2, 0.25) is 0 Å². The van der Waals surface area contributed by atoms with Crippen LogP contribution in [0.1, 0.15) is 30.5 Å². The van der Waals surface area contributed by atoms with E-state index in [-0.39, 0.29) is 4.75 Å². The van der Waals surface area contributed by atoms with Crippen molar-refractivity contribution in [2.75, 3.05) is 5.75 Å². The van der Waals surface area contributed by atoms with Gasteiger partial charge in [-0.1, -0.05) is 0 Å². The van der Waals surface area contributed by atoms with E-state index < -0.39 is 0 Å². The average molecular weight is 234 g/mol. The standard InChI is InChI=1S/C9H12ClNS2/c1-9(3-2-4-13-9)8-11-7(5-10)6-12-8/h6H,2-5H2,1H3. The van der Waals surface area contributed by atoms with Gasteiger partial charge >= 0.3 is 0 Å². The summed E-state index contributed by atoms with van der Waals surface area (Å²) >= 11 is 9.51. The number of aromatic nitrogens is 1. The Kier molecular flexibility index (Phi) is 2.86. The summed E-state index contributed by atoms with van der Waals surface area (Å²) in [5, 5.41) is 3.33. The quantitative estimate of drug-likeness (QED) is 0.724. The van der Waals surface area contributed by atoms with Crippen molar-refractivity contribution in [3.8, 4) is 0 Å². The number of alkyl halides is 1. The van der Waals surface area contributed by atoms with Gasteiger partial charge in [0.1, 0.15) is 5.01 Å². The maximum absolute atomic E-state index is 5.73. The van der Waals surface area contributed by atoms with Crippen LogP contribution in [0.15, 0.2) is 5.38 Å². The molecule has 1 aromatic heterocycles. The number of rotatable bonds is 2. The Morgan fingerprint density at radius 2 is 2.54 bits per heavy atom. The SMILES string of the molecule is CC1(c2nc(CCl)cs2)CCCS1. The van der Waals surface area contributed by atoms with Crippen molar-refractivity contribution in [1.82, 2.24) is 4.98 Å². The minimum atomic E-state index is 0.273. The van der Waals surface area contributed by atoms with Crippen LogP contribution in [0, 0.1) is 0 Å². The summed E-state index contributed by atoms with van der Waals surface area (Å²) in [6.45, 7) is 2.29. The minimum absolute atomic E-state index is 0.273. The van der Waals surface area contributed by atoms with Gasteiger partial charge in [-0.05, 0) is 25.5 Å². The molecule has 0 aromatic carbocycles. The monoisotopic (exact) mass is 233 g/mol. The van der Waals surface area contributed by atoms with E-state index in [9.17, 15) is 0 Å². The van der Waals surface area contributed by atoms with Gasteiger partial charge in [0.05, 0.1) is 16.3 Å². The summed E-state index contributed by atoms with van der Waals surface area (Å²) in [5.74, 6) is 1.81. The highest BCUT2D eigenvalue weighted by atomic mass is 35.5. The Hall–Kier alpha value is 0.270. The molecule has 1 atom stereocenters. The molecule has 0 N–H and O–H groups in total. The van der Waals surface area contributed by atoms with Gasteiger partial charge in [-0.15, -0.1) is 34.7 Å². The van der Waals surface area contributed by atoms with E-state index in [0.717, 1.165) is 5.69 Å². The summed E-state index contributed by atoms with van der Waals surface area (Å²) in [7, 11) is 0. The van der Waals surface area contributed by atoms with Gasteiger partial charge in [0.15, 0.2) is 0 Å². The Labute approximate surface area is 91.9 Å². The maximum atomic E-state index is 5.73. The summed E-state index contributed by atoms with van der Waals surface area (Å²) in [5.41, 5.74) is 1.02. The molecular weight excluding hydrogens is 222 g/mol. The number of halogens is 1. The first kappa shape index (κ1) is 9.81. The average Bonchev–Trinajstić information content (AvgIpc) is 2.72. The molecule has 1 aromatic rings. The van der Waals surface area contributed by atoms with Gasteiger partial charge in [-0.3, -0.25) is 0 Å². The fourth-order valence-electron chi connectivity index (χ4n) is 1.56. The molecule has 0 bridgehead atoms. The zero-order chi connectivity index (χ0) is 9.31. The third-order valence-corrected chi connectivity index (χ3v) is 5.45. The number of nitrogens with zero attached hydrogens (tertiary/aromatic N) is 1. The van der Waals surface area contributed by atoms with Gasteiger partial charge in [0.25, 0.3) is 0 Å². The molecule has 2 heterocycles. The Morgan fingerprint density at radius 3 is 3.08 bits per heavy atom. The van der Waals surface area contributed by atoms with E-state index in [0.29, 0.717) is 5.88 Å². The first-order valence-electron chi connectivity index (χ1n) is 4.39. The topological polar surface area (TPSA) is 12.9 Å². The van der Waals surface area contributed by atoms with Gasteiger partial charge in [-0.25, -0.2) is 4.98 Å². The maximum Gasteiger partial charge on any atom is 0.109 e. The molecule has 0 aliphatic carbocycles. The molecule has 13 heavy (non-hydrogen) atoms. The molecule has 1 aliphatic rings. The Bertz CT molecular complexity index is 292. The lowest BCUT2D eigenvalue weighted by atomic mass is 10.1. The predicted molar refractivity (Wildman–Crippen MR) is 60.7 cm³/mol. The Morgan fingerprint density at radius 1 is 1.69 bits per heavy atom. The summed E-state index contributed by atoms with van der Waals surface area (Å²) in [4.78, 5) is 4.55. The lowest BCUT2D eigenvalue weighted by Gasteiger charge is -2.18. The van der Waals surface area contributed by atoms with E-state index in [4.69, 9.17) is 11.6 Å². The summed E-state index contributed by atoms with van der Waals surface area (Å²) < 4.78 is 0.273. The number of hydrogen-bond acceptors (Lipinski definition) is 3. The van der Waals surface area contributed by atoms with Crippen molar-refractivity contribution in [3.05, 3.63) is 16.1 Å². The summed E-state index contributed by atoms with van der Waals surface area (Å²) in [6, 6.07) is 0. The van der Waals surface area contributed by atoms with Crippen molar-refractivity contribution >= 4 is 34.7 Å². The van der Waals surface area contributed by atoms with Crippen LogP contribution in [-0.2, 0) is 10.6 Å². The largest absolute Gasteiger partial charge is 0.244 e. The van der Waals surface area contributed by atoms with Gasteiger partial charge in [-0.2, -0.15) is 0 Å². The third kappa shape index (κ3) is 1.88. The van der Waals surface area contributed by atoms with Crippen LogP contribution in [0.3, 0.4) is 0 Å². The molecule has 72 valence electrons. The lowest BCUT2D eigenvalue weighted by molar-refractivity contribution is 0.640. The van der Waals surface area contributed by atoms with Crippen molar-refractivity contribution < 1.29 is 0 Å². The molecule has 1 saturated heterocycles. The lowest BCUT2D eigenvalue weighted by Crippen LogP contribution is -2.12. The van der Waals surface area contributed by atoms with Crippen molar-refractivity contribution in [2.24, 2.45) is 0 Å². The summed E-state index contributed by atoms with van der Waals surface area (Å²) in [6.07, 6.45) is 2.57. The second-order valence-corrected chi connectivity index (χ2v) is 6.18. The number of thioether (sulfide) groups is 1. The smallest absolute Gasteiger partial charge is 0.109 e. The van der Waals surface area contributed by atoms with E-state index in [1.165, 1.54) is 23.6 Å². The van der Waals surface area contributed by atoms with Gasteiger partial charge in [0, 0.05) is 5.38 Å². The molecule has 0 spiro atoms. The van der Waals surface area contributed by atoms with Crippen LogP contribution >= 0.6 is 34.7 Å². The number of hydrogen-bond donors (Lipinski definition) is 0. The van der Waals surface area contributed by atoms with Crippen LogP contribution < -0.4 is 0 Å². The van der Waals surface area contributed by atoms with Gasteiger partial charge < -0.3 is 0 Å². The highest BCUT2D eigenvalue weighted by Crippen LogP contribution is 2.47. The van der Waals surface area contributed by atoms with Crippen molar-refractivity contribution in [1.29, 1.82) is 0 Å². The minimum Gasteiger partial charge on any atom is -0.244 e. The van der Waals surface area contributed by atoms with E-state index >= 15 is 0 Å². The molecule has 2 rings (SSSR count). The molecule has 1 nitrogen and oxygen atoms in total. The van der Waals surface area contributed by atoms with Crippen molar-refractivity contribution in [2.45, 2.75) is 30.4 Å². The van der Waals surface area contributed by atoms with Crippen LogP contribution in [0.5, 0.6) is 0 Å². The highest BCUT2D eigenvalue weighted by molar-refractivity contribution is 8.00. The van der Waals surface area contributed by atoms with E-state index in [1.807, 2.05) is 11.8 Å². The molecule has 1 fully saturated rings. The van der Waals surface area contributed by atoms with Crippen LogP contribution in [-0.4, -0.2) is 10.7 Å².